The van der Waals surface area contributed by atoms with E-state index in [9.17, 15) is 14.0 Å². The van der Waals surface area contributed by atoms with Gasteiger partial charge in [0.15, 0.2) is 5.82 Å². The standard InChI is InChI=1S/C20H26FN3O4/c1-13-14(2)18(25)24(15-7-9-16(27-6)10-8-15)22-17(13)23(12-11-21)19(26)28-20(3,4)5/h7-10H,11-12H2,1-6H3. The van der Waals surface area contributed by atoms with Crippen molar-refractivity contribution >= 4 is 11.9 Å². The molecule has 7 nitrogen and oxygen atoms in total. The highest BCUT2D eigenvalue weighted by atomic mass is 19.1. The number of carbonyl (C=O) groups is 1. The average molecular weight is 391 g/mol. The van der Waals surface area contributed by atoms with E-state index in [2.05, 4.69) is 5.10 Å². The number of amides is 1. The second-order valence-electron chi connectivity index (χ2n) is 7.31. The predicted octanol–water partition coefficient (Wildman–Crippen LogP) is 3.57. The molecule has 28 heavy (non-hydrogen) atoms. The summed E-state index contributed by atoms with van der Waals surface area (Å²) in [4.78, 5) is 26.5. The van der Waals surface area contributed by atoms with Gasteiger partial charge in [-0.25, -0.2) is 9.18 Å². The third-order valence-corrected chi connectivity index (χ3v) is 4.10. The minimum atomic E-state index is -0.777. The minimum Gasteiger partial charge on any atom is -0.497 e. The Kier molecular flexibility index (Phi) is 6.43. The molecule has 0 bridgehead atoms. The van der Waals surface area contributed by atoms with Gasteiger partial charge < -0.3 is 9.47 Å². The molecular formula is C20H26FN3O4. The van der Waals surface area contributed by atoms with Gasteiger partial charge in [0.1, 0.15) is 18.0 Å². The lowest BCUT2D eigenvalue weighted by molar-refractivity contribution is 0.0576. The Hall–Kier alpha value is -2.90. The fourth-order valence-corrected chi connectivity index (χ4v) is 2.54. The Bertz CT molecular complexity index is 901. The summed E-state index contributed by atoms with van der Waals surface area (Å²) in [6.45, 7) is 7.48. The molecule has 0 unspecified atom stereocenters. The topological polar surface area (TPSA) is 73.7 Å². The first-order valence-corrected chi connectivity index (χ1v) is 8.90. The van der Waals surface area contributed by atoms with E-state index in [1.54, 1.807) is 66.0 Å². The number of nitrogens with zero attached hydrogens (tertiary/aromatic N) is 3. The van der Waals surface area contributed by atoms with Crippen LogP contribution >= 0.6 is 0 Å². The minimum absolute atomic E-state index is 0.180. The Morgan fingerprint density at radius 3 is 2.29 bits per heavy atom. The van der Waals surface area contributed by atoms with Gasteiger partial charge in [0.05, 0.1) is 19.3 Å². The van der Waals surface area contributed by atoms with Gasteiger partial charge in [0.2, 0.25) is 0 Å². The van der Waals surface area contributed by atoms with Crippen molar-refractivity contribution in [2.24, 2.45) is 0 Å². The van der Waals surface area contributed by atoms with Crippen LogP contribution in [-0.4, -0.2) is 41.8 Å². The zero-order chi connectivity index (χ0) is 21.1. The number of hydrogen-bond donors (Lipinski definition) is 0. The van der Waals surface area contributed by atoms with E-state index >= 15 is 0 Å². The van der Waals surface area contributed by atoms with Gasteiger partial charge >= 0.3 is 6.09 Å². The average Bonchev–Trinajstić information content (AvgIpc) is 2.64. The van der Waals surface area contributed by atoms with Crippen LogP contribution in [0.4, 0.5) is 15.0 Å². The van der Waals surface area contributed by atoms with Gasteiger partial charge in [-0.3, -0.25) is 9.69 Å². The van der Waals surface area contributed by atoms with Crippen LogP contribution in [0.15, 0.2) is 29.1 Å². The molecule has 0 aliphatic heterocycles. The molecule has 1 aromatic heterocycles. The number of hydrogen-bond acceptors (Lipinski definition) is 5. The highest BCUT2D eigenvalue weighted by Gasteiger charge is 2.27. The zero-order valence-electron chi connectivity index (χ0n) is 17.1. The van der Waals surface area contributed by atoms with E-state index in [1.165, 1.54) is 4.68 Å². The van der Waals surface area contributed by atoms with Crippen molar-refractivity contribution < 1.29 is 18.7 Å². The largest absolute Gasteiger partial charge is 0.497 e. The maximum absolute atomic E-state index is 13.2. The highest BCUT2D eigenvalue weighted by Crippen LogP contribution is 2.22. The van der Waals surface area contributed by atoms with Crippen molar-refractivity contribution in [1.82, 2.24) is 9.78 Å². The van der Waals surface area contributed by atoms with Crippen LogP contribution in [0.25, 0.3) is 5.69 Å². The van der Waals surface area contributed by atoms with Crippen molar-refractivity contribution in [2.45, 2.75) is 40.2 Å². The molecule has 0 saturated heterocycles. The van der Waals surface area contributed by atoms with Crippen LogP contribution in [-0.2, 0) is 4.74 Å². The van der Waals surface area contributed by atoms with E-state index < -0.39 is 18.4 Å². The fourth-order valence-electron chi connectivity index (χ4n) is 2.54. The molecule has 8 heteroatoms. The van der Waals surface area contributed by atoms with Crippen LogP contribution in [0.5, 0.6) is 5.75 Å². The van der Waals surface area contributed by atoms with Crippen molar-refractivity contribution in [3.05, 3.63) is 45.7 Å². The highest BCUT2D eigenvalue weighted by molar-refractivity contribution is 5.87. The molecule has 1 heterocycles. The normalized spacial score (nSPS) is 11.2. The molecule has 2 rings (SSSR count). The van der Waals surface area contributed by atoms with Gasteiger partial charge in [0.25, 0.3) is 5.56 Å². The number of anilines is 1. The first kappa shape index (κ1) is 21.4. The third-order valence-electron chi connectivity index (χ3n) is 4.10. The van der Waals surface area contributed by atoms with Crippen molar-refractivity contribution in [3.63, 3.8) is 0 Å². The lowest BCUT2D eigenvalue weighted by Crippen LogP contribution is -2.40. The summed E-state index contributed by atoms with van der Waals surface area (Å²) in [5, 5.41) is 4.35. The van der Waals surface area contributed by atoms with Gasteiger partial charge in [-0.1, -0.05) is 0 Å². The molecule has 0 spiro atoms. The molecule has 0 aliphatic rings. The van der Waals surface area contributed by atoms with Crippen LogP contribution in [0.2, 0.25) is 0 Å². The summed E-state index contributed by atoms with van der Waals surface area (Å²) in [6, 6.07) is 6.76. The maximum Gasteiger partial charge on any atom is 0.416 e. The van der Waals surface area contributed by atoms with Crippen LogP contribution < -0.4 is 15.2 Å². The molecular weight excluding hydrogens is 365 g/mol. The van der Waals surface area contributed by atoms with E-state index in [4.69, 9.17) is 9.47 Å². The van der Waals surface area contributed by atoms with E-state index in [-0.39, 0.29) is 17.9 Å². The summed E-state index contributed by atoms with van der Waals surface area (Å²) in [5.41, 5.74) is 0.330. The Morgan fingerprint density at radius 2 is 1.79 bits per heavy atom. The quantitative estimate of drug-likeness (QED) is 0.779. The van der Waals surface area contributed by atoms with E-state index in [0.29, 0.717) is 22.6 Å². The summed E-state index contributed by atoms with van der Waals surface area (Å²) in [7, 11) is 1.54. The predicted molar refractivity (Wildman–Crippen MR) is 105 cm³/mol. The summed E-state index contributed by atoms with van der Waals surface area (Å²) >= 11 is 0. The van der Waals surface area contributed by atoms with Crippen molar-refractivity contribution in [1.29, 1.82) is 0 Å². The number of benzene rings is 1. The molecule has 0 fully saturated rings. The maximum atomic E-state index is 13.2. The fraction of sp³-hybridized carbons (Fsp3) is 0.450. The number of carbonyl (C=O) groups excluding carboxylic acids is 1. The third kappa shape index (κ3) is 4.68. The second-order valence-corrected chi connectivity index (χ2v) is 7.31. The Labute approximate surface area is 163 Å². The molecule has 2 aromatic rings. The lowest BCUT2D eigenvalue weighted by atomic mass is 10.1. The number of rotatable bonds is 5. The molecule has 0 radical (unpaired) electrons. The molecule has 152 valence electrons. The first-order valence-electron chi connectivity index (χ1n) is 8.90. The summed E-state index contributed by atoms with van der Waals surface area (Å²) < 4.78 is 24.9. The molecule has 1 aromatic carbocycles. The van der Waals surface area contributed by atoms with Gasteiger partial charge in [-0.05, 0) is 58.9 Å². The van der Waals surface area contributed by atoms with Gasteiger partial charge in [0, 0.05) is 11.1 Å². The summed E-state index contributed by atoms with van der Waals surface area (Å²) in [5.74, 6) is 0.813. The number of methoxy groups -OCH3 is 1. The first-order chi connectivity index (χ1) is 13.1. The van der Waals surface area contributed by atoms with Crippen molar-refractivity contribution in [3.8, 4) is 11.4 Å². The van der Waals surface area contributed by atoms with Gasteiger partial charge in [-0.15, -0.1) is 5.10 Å². The Morgan fingerprint density at radius 1 is 1.18 bits per heavy atom. The second kappa shape index (κ2) is 8.41. The number of halogens is 1. The van der Waals surface area contributed by atoms with Gasteiger partial charge in [-0.2, -0.15) is 4.68 Å². The van der Waals surface area contributed by atoms with E-state index in [1.807, 2.05) is 0 Å². The Balaban J connectivity index is 2.60. The molecule has 0 saturated carbocycles. The zero-order valence-corrected chi connectivity index (χ0v) is 17.1. The SMILES string of the molecule is COc1ccc(-n2nc(N(CCF)C(=O)OC(C)(C)C)c(C)c(C)c2=O)cc1. The molecule has 0 N–H and O–H groups in total. The molecule has 0 atom stereocenters. The molecule has 0 aliphatic carbocycles. The summed E-state index contributed by atoms with van der Waals surface area (Å²) in [6.07, 6.45) is -0.722. The van der Waals surface area contributed by atoms with Crippen LogP contribution in [0.1, 0.15) is 31.9 Å². The number of aromatic nitrogens is 2. The van der Waals surface area contributed by atoms with E-state index in [0.717, 1.165) is 4.90 Å². The van der Waals surface area contributed by atoms with Crippen molar-refractivity contribution in [2.75, 3.05) is 25.2 Å². The van der Waals surface area contributed by atoms with Crippen LogP contribution in [0, 0.1) is 13.8 Å². The smallest absolute Gasteiger partial charge is 0.416 e. The number of ether oxygens (including phenoxy) is 2. The lowest BCUT2D eigenvalue weighted by Gasteiger charge is -2.27. The van der Waals surface area contributed by atoms with Crippen LogP contribution in [0.3, 0.4) is 0 Å². The molecule has 1 amide bonds. The number of alkyl halides is 1. The monoisotopic (exact) mass is 391 g/mol.